The predicted octanol–water partition coefficient (Wildman–Crippen LogP) is 2.57. The molecule has 5 nitrogen and oxygen atoms in total. The molecule has 2 aromatic rings. The van der Waals surface area contributed by atoms with Gasteiger partial charge in [0.25, 0.3) is 0 Å². The molecule has 0 unspecified atom stereocenters. The Balaban J connectivity index is 1.70. The Morgan fingerprint density at radius 2 is 2.26 bits per heavy atom. The maximum absolute atomic E-state index is 4.16. The predicted molar refractivity (Wildman–Crippen MR) is 75.0 cm³/mol. The molecule has 0 bridgehead atoms. The molecule has 0 spiro atoms. The largest absolute Gasteiger partial charge is 0.291 e. The van der Waals surface area contributed by atoms with Crippen LogP contribution in [0, 0.1) is 6.92 Å². The molecule has 0 aromatic carbocycles. The van der Waals surface area contributed by atoms with Crippen LogP contribution in [0.1, 0.15) is 47.4 Å². The second-order valence-corrected chi connectivity index (χ2v) is 6.63. The van der Waals surface area contributed by atoms with Gasteiger partial charge in [0.1, 0.15) is 0 Å². The van der Waals surface area contributed by atoms with Crippen LogP contribution in [0.3, 0.4) is 0 Å². The van der Waals surface area contributed by atoms with Gasteiger partial charge in [-0.2, -0.15) is 0 Å². The van der Waals surface area contributed by atoms with Crippen LogP contribution < -0.4 is 0 Å². The Hall–Kier alpha value is -1.27. The molecule has 2 heterocycles. The summed E-state index contributed by atoms with van der Waals surface area (Å²) in [5.74, 6) is 0.977. The number of rotatable bonds is 5. The Morgan fingerprint density at radius 3 is 2.89 bits per heavy atom. The summed E-state index contributed by atoms with van der Waals surface area (Å²) in [4.78, 5) is 5.05. The van der Waals surface area contributed by atoms with Gasteiger partial charge in [-0.05, 0) is 56.3 Å². The topological polar surface area (TPSA) is 46.8 Å². The average molecular weight is 277 g/mol. The van der Waals surface area contributed by atoms with E-state index in [0.717, 1.165) is 12.4 Å². The number of aromatic nitrogens is 4. The van der Waals surface area contributed by atoms with Crippen molar-refractivity contribution in [2.75, 3.05) is 7.05 Å². The minimum absolute atomic E-state index is 0.392. The van der Waals surface area contributed by atoms with Gasteiger partial charge in [0, 0.05) is 15.8 Å². The molecule has 19 heavy (non-hydrogen) atoms. The molecule has 1 aliphatic rings. The Morgan fingerprint density at radius 1 is 1.47 bits per heavy atom. The van der Waals surface area contributed by atoms with Gasteiger partial charge >= 0.3 is 0 Å². The van der Waals surface area contributed by atoms with E-state index >= 15 is 0 Å². The van der Waals surface area contributed by atoms with Gasteiger partial charge < -0.3 is 0 Å². The van der Waals surface area contributed by atoms with Crippen molar-refractivity contribution in [3.05, 3.63) is 27.7 Å². The highest BCUT2D eigenvalue weighted by Crippen LogP contribution is 2.35. The van der Waals surface area contributed by atoms with Crippen molar-refractivity contribution in [3.63, 3.8) is 0 Å². The van der Waals surface area contributed by atoms with Crippen LogP contribution in [-0.2, 0) is 6.54 Å². The Labute approximate surface area is 117 Å². The minimum Gasteiger partial charge on any atom is -0.291 e. The fourth-order valence-corrected chi connectivity index (χ4v) is 3.17. The van der Waals surface area contributed by atoms with Gasteiger partial charge in [0.2, 0.25) is 0 Å². The summed E-state index contributed by atoms with van der Waals surface area (Å²) in [5.41, 5.74) is 0. The molecule has 102 valence electrons. The van der Waals surface area contributed by atoms with Crippen LogP contribution in [0.15, 0.2) is 12.1 Å². The van der Waals surface area contributed by atoms with E-state index in [4.69, 9.17) is 0 Å². The maximum Gasteiger partial charge on any atom is 0.165 e. The lowest BCUT2D eigenvalue weighted by molar-refractivity contribution is 0.245. The number of hydrogen-bond donors (Lipinski definition) is 0. The number of thiophene rings is 1. The van der Waals surface area contributed by atoms with E-state index in [1.165, 1.54) is 22.6 Å². The van der Waals surface area contributed by atoms with Crippen molar-refractivity contribution in [2.24, 2.45) is 0 Å². The van der Waals surface area contributed by atoms with Crippen LogP contribution in [0.4, 0.5) is 0 Å². The zero-order valence-electron chi connectivity index (χ0n) is 11.6. The van der Waals surface area contributed by atoms with E-state index in [1.807, 2.05) is 16.0 Å². The second kappa shape index (κ2) is 5.02. The summed E-state index contributed by atoms with van der Waals surface area (Å²) < 4.78 is 1.99. The van der Waals surface area contributed by atoms with Crippen LogP contribution in [-0.4, -0.2) is 32.2 Å². The molecule has 1 saturated carbocycles. The van der Waals surface area contributed by atoms with Gasteiger partial charge in [-0.1, -0.05) is 0 Å². The molecule has 1 atom stereocenters. The minimum atomic E-state index is 0.392. The third kappa shape index (κ3) is 2.69. The number of nitrogens with zero attached hydrogens (tertiary/aromatic N) is 5. The lowest BCUT2D eigenvalue weighted by Crippen LogP contribution is -2.23. The van der Waals surface area contributed by atoms with E-state index in [9.17, 15) is 0 Å². The smallest absolute Gasteiger partial charge is 0.165 e. The highest BCUT2D eigenvalue weighted by atomic mass is 32.1. The fraction of sp³-hybridized carbons (Fsp3) is 0.615. The first kappa shape index (κ1) is 12.7. The first-order valence-electron chi connectivity index (χ1n) is 6.68. The Bertz CT molecular complexity index is 557. The van der Waals surface area contributed by atoms with E-state index in [2.05, 4.69) is 53.5 Å². The van der Waals surface area contributed by atoms with Crippen LogP contribution in [0.5, 0.6) is 0 Å². The molecule has 0 N–H and O–H groups in total. The van der Waals surface area contributed by atoms with Crippen LogP contribution in [0.25, 0.3) is 0 Å². The number of tetrazole rings is 1. The average Bonchev–Trinajstić information content (AvgIpc) is 2.98. The van der Waals surface area contributed by atoms with Gasteiger partial charge in [-0.15, -0.1) is 16.4 Å². The monoisotopic (exact) mass is 277 g/mol. The molecule has 1 fully saturated rings. The van der Waals surface area contributed by atoms with Gasteiger partial charge in [-0.25, -0.2) is 4.68 Å². The van der Waals surface area contributed by atoms with Crippen LogP contribution in [0.2, 0.25) is 0 Å². The van der Waals surface area contributed by atoms with Gasteiger partial charge in [-0.3, -0.25) is 4.90 Å². The van der Waals surface area contributed by atoms with Gasteiger partial charge in [0.05, 0.1) is 12.6 Å². The molecule has 2 aromatic heterocycles. The van der Waals surface area contributed by atoms with Crippen LogP contribution >= 0.6 is 11.3 Å². The Kier molecular flexibility index (Phi) is 3.36. The molecular weight excluding hydrogens is 258 g/mol. The molecule has 1 aliphatic carbocycles. The molecule has 0 aliphatic heterocycles. The summed E-state index contributed by atoms with van der Waals surface area (Å²) in [5, 5.41) is 12.1. The molecule has 3 rings (SSSR count). The first-order valence-corrected chi connectivity index (χ1v) is 7.50. The third-order valence-corrected chi connectivity index (χ3v) is 4.85. The van der Waals surface area contributed by atoms with Crippen molar-refractivity contribution in [3.8, 4) is 0 Å². The summed E-state index contributed by atoms with van der Waals surface area (Å²) in [7, 11) is 2.13. The van der Waals surface area contributed by atoms with Gasteiger partial charge in [0.15, 0.2) is 5.82 Å². The maximum atomic E-state index is 4.16. The molecular formula is C13H19N5S. The van der Waals surface area contributed by atoms with Crippen molar-refractivity contribution < 1.29 is 0 Å². The van der Waals surface area contributed by atoms with Crippen molar-refractivity contribution >= 4 is 11.3 Å². The lowest BCUT2D eigenvalue weighted by atomic mass is 10.2. The molecule has 6 heteroatoms. The van der Waals surface area contributed by atoms with E-state index < -0.39 is 0 Å². The standard InChI is InChI=1S/C13H19N5S/c1-9-4-7-12(19-9)10(2)17(3)8-13-14-15-16-18(13)11-5-6-11/h4,7,10-11H,5-6,8H2,1-3H3/t10-/m1/s1. The number of aryl methyl sites for hydroxylation is 1. The first-order chi connectivity index (χ1) is 9.15. The zero-order valence-corrected chi connectivity index (χ0v) is 12.4. The fourth-order valence-electron chi connectivity index (χ4n) is 2.17. The highest BCUT2D eigenvalue weighted by molar-refractivity contribution is 7.12. The summed E-state index contributed by atoms with van der Waals surface area (Å²) in [6, 6.07) is 5.32. The zero-order chi connectivity index (χ0) is 13.4. The number of hydrogen-bond acceptors (Lipinski definition) is 5. The SMILES string of the molecule is Cc1ccc([C@@H](C)N(C)Cc2nnnn2C2CC2)s1. The summed E-state index contributed by atoms with van der Waals surface area (Å²) >= 11 is 1.86. The van der Waals surface area contributed by atoms with E-state index in [-0.39, 0.29) is 0 Å². The highest BCUT2D eigenvalue weighted by Gasteiger charge is 2.28. The molecule has 0 radical (unpaired) electrons. The van der Waals surface area contributed by atoms with E-state index in [1.54, 1.807) is 0 Å². The van der Waals surface area contributed by atoms with E-state index in [0.29, 0.717) is 12.1 Å². The third-order valence-electron chi connectivity index (χ3n) is 3.68. The van der Waals surface area contributed by atoms with Crippen molar-refractivity contribution in [1.82, 2.24) is 25.1 Å². The molecule has 0 saturated heterocycles. The van der Waals surface area contributed by atoms with Crippen molar-refractivity contribution in [2.45, 2.75) is 45.3 Å². The lowest BCUT2D eigenvalue weighted by Gasteiger charge is -2.23. The summed E-state index contributed by atoms with van der Waals surface area (Å²) in [6.07, 6.45) is 2.42. The molecule has 0 amide bonds. The quantitative estimate of drug-likeness (QED) is 0.842. The van der Waals surface area contributed by atoms with Crippen molar-refractivity contribution in [1.29, 1.82) is 0 Å². The summed E-state index contributed by atoms with van der Waals surface area (Å²) in [6.45, 7) is 5.17. The second-order valence-electron chi connectivity index (χ2n) is 5.31. The normalized spacial score (nSPS) is 17.1.